The molecule has 4 nitrogen and oxygen atoms in total. The predicted molar refractivity (Wildman–Crippen MR) is 54.5 cm³/mol. The summed E-state index contributed by atoms with van der Waals surface area (Å²) >= 11 is 0. The molecule has 0 saturated carbocycles. The van der Waals surface area contributed by atoms with E-state index < -0.39 is 21.6 Å². The van der Waals surface area contributed by atoms with Gasteiger partial charge in [-0.15, -0.1) is 0 Å². The monoisotopic (exact) mass is 233 g/mol. The lowest BCUT2D eigenvalue weighted by atomic mass is 10.1. The fourth-order valence-electron chi connectivity index (χ4n) is 1.26. The standard InChI is InChI=1S/C9H12FNO3S/c1-6-3-8(10)7(5-15(11,12)13)9(4-6)14-2/h3-4H,5H2,1-2H3,(H2,11,12,13). The summed E-state index contributed by atoms with van der Waals surface area (Å²) in [7, 11) is -2.42. The maximum atomic E-state index is 13.4. The zero-order chi connectivity index (χ0) is 11.6. The van der Waals surface area contributed by atoms with Gasteiger partial charge in [-0.3, -0.25) is 0 Å². The molecule has 0 amide bonds. The lowest BCUT2D eigenvalue weighted by molar-refractivity contribution is 0.405. The average molecular weight is 233 g/mol. The maximum Gasteiger partial charge on any atom is 0.213 e. The van der Waals surface area contributed by atoms with Gasteiger partial charge in [-0.1, -0.05) is 0 Å². The summed E-state index contributed by atoms with van der Waals surface area (Å²) in [5.41, 5.74) is 0.619. The summed E-state index contributed by atoms with van der Waals surface area (Å²) in [6, 6.07) is 2.80. The number of halogens is 1. The predicted octanol–water partition coefficient (Wildman–Crippen LogP) is 0.931. The second kappa shape index (κ2) is 4.16. The van der Waals surface area contributed by atoms with Crippen LogP contribution in [0.25, 0.3) is 0 Å². The molecule has 0 fully saturated rings. The lowest BCUT2D eigenvalue weighted by Gasteiger charge is -2.09. The Morgan fingerprint density at radius 1 is 1.47 bits per heavy atom. The Morgan fingerprint density at radius 2 is 2.07 bits per heavy atom. The number of methoxy groups -OCH3 is 1. The van der Waals surface area contributed by atoms with Crippen molar-refractivity contribution in [1.29, 1.82) is 0 Å². The van der Waals surface area contributed by atoms with E-state index in [0.29, 0.717) is 5.56 Å². The third-order valence-electron chi connectivity index (χ3n) is 1.86. The highest BCUT2D eigenvalue weighted by Crippen LogP contribution is 2.24. The first kappa shape index (κ1) is 11.9. The molecule has 84 valence electrons. The Labute approximate surface area is 87.9 Å². The summed E-state index contributed by atoms with van der Waals surface area (Å²) in [4.78, 5) is 0. The van der Waals surface area contributed by atoms with Crippen LogP contribution in [0.4, 0.5) is 4.39 Å². The van der Waals surface area contributed by atoms with Gasteiger partial charge in [0.25, 0.3) is 0 Å². The van der Waals surface area contributed by atoms with Crippen molar-refractivity contribution in [2.75, 3.05) is 7.11 Å². The van der Waals surface area contributed by atoms with Crippen LogP contribution in [0.15, 0.2) is 12.1 Å². The normalized spacial score (nSPS) is 11.5. The van der Waals surface area contributed by atoms with Crippen LogP contribution < -0.4 is 9.88 Å². The summed E-state index contributed by atoms with van der Waals surface area (Å²) in [5, 5.41) is 4.85. The van der Waals surface area contributed by atoms with Crippen LogP contribution >= 0.6 is 0 Å². The molecule has 6 heteroatoms. The van der Waals surface area contributed by atoms with Gasteiger partial charge in [0.15, 0.2) is 0 Å². The molecule has 0 unspecified atom stereocenters. The number of hydrogen-bond acceptors (Lipinski definition) is 3. The van der Waals surface area contributed by atoms with E-state index in [9.17, 15) is 12.8 Å². The van der Waals surface area contributed by atoms with Crippen molar-refractivity contribution in [3.63, 3.8) is 0 Å². The highest BCUT2D eigenvalue weighted by atomic mass is 32.2. The molecule has 0 aliphatic carbocycles. The van der Waals surface area contributed by atoms with E-state index in [2.05, 4.69) is 0 Å². The van der Waals surface area contributed by atoms with Gasteiger partial charge < -0.3 is 4.74 Å². The largest absolute Gasteiger partial charge is 0.496 e. The van der Waals surface area contributed by atoms with Crippen molar-refractivity contribution >= 4 is 10.0 Å². The molecule has 0 spiro atoms. The van der Waals surface area contributed by atoms with Crippen LogP contribution in [0.5, 0.6) is 5.75 Å². The van der Waals surface area contributed by atoms with Crippen molar-refractivity contribution in [3.05, 3.63) is 29.1 Å². The van der Waals surface area contributed by atoms with Gasteiger partial charge in [0, 0.05) is 5.56 Å². The highest BCUT2D eigenvalue weighted by Gasteiger charge is 2.15. The van der Waals surface area contributed by atoms with Crippen LogP contribution in [0.1, 0.15) is 11.1 Å². The molecule has 2 N–H and O–H groups in total. The molecule has 15 heavy (non-hydrogen) atoms. The number of aryl methyl sites for hydroxylation is 1. The number of hydrogen-bond donors (Lipinski definition) is 1. The van der Waals surface area contributed by atoms with Gasteiger partial charge in [-0.25, -0.2) is 17.9 Å². The van der Waals surface area contributed by atoms with E-state index in [1.807, 2.05) is 0 Å². The van der Waals surface area contributed by atoms with Crippen molar-refractivity contribution in [3.8, 4) is 5.75 Å². The van der Waals surface area contributed by atoms with Crippen LogP contribution in [0, 0.1) is 12.7 Å². The van der Waals surface area contributed by atoms with Crippen LogP contribution in [-0.4, -0.2) is 15.5 Å². The maximum absolute atomic E-state index is 13.4. The molecule has 0 saturated heterocycles. The summed E-state index contributed by atoms with van der Waals surface area (Å²) in [6.07, 6.45) is 0. The van der Waals surface area contributed by atoms with Crippen molar-refractivity contribution < 1.29 is 17.5 Å². The van der Waals surface area contributed by atoms with E-state index in [-0.39, 0.29) is 11.3 Å². The third-order valence-corrected chi connectivity index (χ3v) is 2.56. The Balaban J connectivity index is 3.27. The minimum absolute atomic E-state index is 0.0365. The van der Waals surface area contributed by atoms with Crippen molar-refractivity contribution in [2.24, 2.45) is 5.14 Å². The molecule has 0 aliphatic heterocycles. The molecule has 1 rings (SSSR count). The second-order valence-corrected chi connectivity index (χ2v) is 4.85. The fourth-order valence-corrected chi connectivity index (χ4v) is 1.95. The second-order valence-electron chi connectivity index (χ2n) is 3.23. The Kier molecular flexibility index (Phi) is 3.31. The molecule has 0 radical (unpaired) electrons. The number of primary sulfonamides is 1. The van der Waals surface area contributed by atoms with Gasteiger partial charge >= 0.3 is 0 Å². The molecule has 0 aromatic heterocycles. The minimum Gasteiger partial charge on any atom is -0.496 e. The highest BCUT2D eigenvalue weighted by molar-refractivity contribution is 7.88. The molecule has 0 aliphatic rings. The number of rotatable bonds is 3. The number of benzene rings is 1. The van der Waals surface area contributed by atoms with Gasteiger partial charge in [0.05, 0.1) is 12.9 Å². The molecular formula is C9H12FNO3S. The molecule has 0 bridgehead atoms. The first-order valence-electron chi connectivity index (χ1n) is 4.17. The average Bonchev–Trinajstić information content (AvgIpc) is 2.07. The minimum atomic E-state index is -3.77. The number of sulfonamides is 1. The smallest absolute Gasteiger partial charge is 0.213 e. The molecular weight excluding hydrogens is 221 g/mol. The zero-order valence-electron chi connectivity index (χ0n) is 8.45. The van der Waals surface area contributed by atoms with E-state index >= 15 is 0 Å². The SMILES string of the molecule is COc1cc(C)cc(F)c1CS(N)(=O)=O. The topological polar surface area (TPSA) is 69.4 Å². The van der Waals surface area contributed by atoms with Crippen molar-refractivity contribution in [1.82, 2.24) is 0 Å². The van der Waals surface area contributed by atoms with E-state index in [0.717, 1.165) is 0 Å². The Bertz CT molecular complexity index is 470. The lowest BCUT2D eigenvalue weighted by Crippen LogP contribution is -2.16. The zero-order valence-corrected chi connectivity index (χ0v) is 9.27. The molecule has 1 aromatic carbocycles. The van der Waals surface area contributed by atoms with Crippen LogP contribution in [-0.2, 0) is 15.8 Å². The first-order chi connectivity index (χ1) is 6.83. The molecule has 0 heterocycles. The Hall–Kier alpha value is -1.14. The molecule has 0 atom stereocenters. The fraction of sp³-hybridized carbons (Fsp3) is 0.333. The van der Waals surface area contributed by atoms with E-state index in [4.69, 9.17) is 9.88 Å². The van der Waals surface area contributed by atoms with Gasteiger partial charge in [-0.05, 0) is 24.6 Å². The third kappa shape index (κ3) is 3.17. The van der Waals surface area contributed by atoms with Gasteiger partial charge in [0.1, 0.15) is 11.6 Å². The number of nitrogens with two attached hydrogens (primary N) is 1. The Morgan fingerprint density at radius 3 is 2.53 bits per heavy atom. The summed E-state index contributed by atoms with van der Waals surface area (Å²) < 4.78 is 40.0. The first-order valence-corrected chi connectivity index (χ1v) is 5.88. The van der Waals surface area contributed by atoms with Crippen LogP contribution in [0.3, 0.4) is 0 Å². The van der Waals surface area contributed by atoms with Gasteiger partial charge in [-0.2, -0.15) is 0 Å². The quantitative estimate of drug-likeness (QED) is 0.844. The van der Waals surface area contributed by atoms with Crippen LogP contribution in [0.2, 0.25) is 0 Å². The van der Waals surface area contributed by atoms with Crippen molar-refractivity contribution in [2.45, 2.75) is 12.7 Å². The summed E-state index contributed by atoms with van der Waals surface area (Å²) in [5.74, 6) is -0.996. The number of ether oxygens (including phenoxy) is 1. The molecule has 1 aromatic rings. The van der Waals surface area contributed by atoms with E-state index in [1.165, 1.54) is 13.2 Å². The van der Waals surface area contributed by atoms with E-state index in [1.54, 1.807) is 13.0 Å². The summed E-state index contributed by atoms with van der Waals surface area (Å²) in [6.45, 7) is 1.69. The van der Waals surface area contributed by atoms with Gasteiger partial charge in [0.2, 0.25) is 10.0 Å².